The number of imide groups is 1. The summed E-state index contributed by atoms with van der Waals surface area (Å²) >= 11 is 5.91. The molecule has 2 atom stereocenters. The van der Waals surface area contributed by atoms with E-state index in [1.54, 1.807) is 24.3 Å². The lowest BCUT2D eigenvalue weighted by Crippen LogP contribution is -2.54. The van der Waals surface area contributed by atoms with Gasteiger partial charge in [0.1, 0.15) is 18.7 Å². The monoisotopic (exact) mass is 392 g/mol. The number of benzene rings is 1. The van der Waals surface area contributed by atoms with E-state index >= 15 is 0 Å². The van der Waals surface area contributed by atoms with E-state index in [1.165, 1.54) is 0 Å². The van der Waals surface area contributed by atoms with Gasteiger partial charge in [0.05, 0.1) is 0 Å². The van der Waals surface area contributed by atoms with Crippen LogP contribution in [0.25, 0.3) is 0 Å². The van der Waals surface area contributed by atoms with Crippen LogP contribution in [0.2, 0.25) is 5.02 Å². The molecule has 1 aromatic carbocycles. The van der Waals surface area contributed by atoms with Crippen LogP contribution in [0, 0.1) is 11.3 Å². The van der Waals surface area contributed by atoms with Gasteiger partial charge in [-0.25, -0.2) is 4.79 Å². The molecule has 1 saturated heterocycles. The molecule has 1 aromatic rings. The van der Waals surface area contributed by atoms with Crippen LogP contribution in [-0.4, -0.2) is 34.9 Å². The summed E-state index contributed by atoms with van der Waals surface area (Å²) in [6, 6.07) is 6.45. The second-order valence-corrected chi connectivity index (χ2v) is 8.99. The van der Waals surface area contributed by atoms with Crippen molar-refractivity contribution in [2.75, 3.05) is 6.54 Å². The number of carbonyl (C=O) groups is 3. The van der Waals surface area contributed by atoms with Crippen molar-refractivity contribution in [1.82, 2.24) is 10.2 Å². The summed E-state index contributed by atoms with van der Waals surface area (Å²) in [6.07, 6.45) is 2.16. The SMILES string of the molecule is C[C@H]1CC(C)(C)C[C@@]2(C1)NC(=O)N(CC(=O)OCc1cccc(Cl)c1)C2=O. The second-order valence-electron chi connectivity index (χ2n) is 8.55. The number of rotatable bonds is 4. The van der Waals surface area contributed by atoms with Crippen molar-refractivity contribution in [2.45, 2.75) is 52.2 Å². The summed E-state index contributed by atoms with van der Waals surface area (Å²) in [5, 5.41) is 3.40. The number of urea groups is 1. The Balaban J connectivity index is 1.64. The first kappa shape index (κ1) is 19.7. The highest BCUT2D eigenvalue weighted by atomic mass is 35.5. The predicted octanol–water partition coefficient (Wildman–Crippen LogP) is 3.52. The average molecular weight is 393 g/mol. The smallest absolute Gasteiger partial charge is 0.326 e. The third-order valence-electron chi connectivity index (χ3n) is 5.20. The Bertz CT molecular complexity index is 779. The van der Waals surface area contributed by atoms with Gasteiger partial charge in [-0.2, -0.15) is 0 Å². The van der Waals surface area contributed by atoms with E-state index in [0.29, 0.717) is 23.8 Å². The summed E-state index contributed by atoms with van der Waals surface area (Å²) in [5.74, 6) is -0.641. The lowest BCUT2D eigenvalue weighted by Gasteiger charge is -2.43. The number of hydrogen-bond donors (Lipinski definition) is 1. The summed E-state index contributed by atoms with van der Waals surface area (Å²) < 4.78 is 5.21. The minimum atomic E-state index is -0.911. The van der Waals surface area contributed by atoms with Crippen LogP contribution >= 0.6 is 11.6 Å². The molecule has 1 N–H and O–H groups in total. The normalized spacial score (nSPS) is 27.0. The van der Waals surface area contributed by atoms with Gasteiger partial charge in [0.2, 0.25) is 0 Å². The molecule has 6 nitrogen and oxygen atoms in total. The molecule has 3 amide bonds. The van der Waals surface area contributed by atoms with Gasteiger partial charge < -0.3 is 10.1 Å². The molecule has 0 bridgehead atoms. The molecule has 1 heterocycles. The highest BCUT2D eigenvalue weighted by molar-refractivity contribution is 6.30. The fourth-order valence-corrected chi connectivity index (χ4v) is 4.83. The predicted molar refractivity (Wildman–Crippen MR) is 101 cm³/mol. The Morgan fingerprint density at radius 1 is 1.33 bits per heavy atom. The Kier molecular flexibility index (Phi) is 5.21. The summed E-state index contributed by atoms with van der Waals surface area (Å²) in [6.45, 7) is 5.95. The zero-order chi connectivity index (χ0) is 19.8. The van der Waals surface area contributed by atoms with Crippen molar-refractivity contribution < 1.29 is 19.1 Å². The number of esters is 1. The molecule has 3 rings (SSSR count). The van der Waals surface area contributed by atoms with Crippen LogP contribution in [0.5, 0.6) is 0 Å². The van der Waals surface area contributed by atoms with Crippen LogP contribution < -0.4 is 5.32 Å². The molecule has 1 aliphatic heterocycles. The molecule has 7 heteroatoms. The van der Waals surface area contributed by atoms with Crippen molar-refractivity contribution in [2.24, 2.45) is 11.3 Å². The van der Waals surface area contributed by atoms with Crippen molar-refractivity contribution in [3.63, 3.8) is 0 Å². The van der Waals surface area contributed by atoms with Gasteiger partial charge >= 0.3 is 12.0 Å². The molecular weight excluding hydrogens is 368 g/mol. The molecule has 0 unspecified atom stereocenters. The lowest BCUT2D eigenvalue weighted by molar-refractivity contribution is -0.149. The first-order chi connectivity index (χ1) is 12.6. The van der Waals surface area contributed by atoms with Gasteiger partial charge in [-0.1, -0.05) is 44.5 Å². The van der Waals surface area contributed by atoms with Crippen LogP contribution in [0.3, 0.4) is 0 Å². The number of hydrogen-bond acceptors (Lipinski definition) is 4. The maximum atomic E-state index is 13.0. The van der Waals surface area contributed by atoms with E-state index < -0.39 is 17.5 Å². The van der Waals surface area contributed by atoms with Gasteiger partial charge in [-0.15, -0.1) is 0 Å². The third-order valence-corrected chi connectivity index (χ3v) is 5.44. The Morgan fingerprint density at radius 3 is 2.74 bits per heavy atom. The van der Waals surface area contributed by atoms with Gasteiger partial charge in [0.15, 0.2) is 0 Å². The number of nitrogens with zero attached hydrogens (tertiary/aromatic N) is 1. The summed E-state index contributed by atoms with van der Waals surface area (Å²) in [4.78, 5) is 38.6. The molecule has 1 saturated carbocycles. The fourth-order valence-electron chi connectivity index (χ4n) is 4.61. The van der Waals surface area contributed by atoms with Gasteiger partial charge in [-0.3, -0.25) is 14.5 Å². The summed E-state index contributed by atoms with van der Waals surface area (Å²) in [5.41, 5.74) is -0.220. The Labute approximate surface area is 164 Å². The standard InChI is InChI=1S/C20H25ClN2O4/c1-13-8-19(2,3)12-20(9-13)17(25)23(18(26)22-20)10-16(24)27-11-14-5-4-6-15(21)7-14/h4-7,13H,8-12H2,1-3H3,(H,22,26)/t13-,20+/m0/s1. The van der Waals surface area contributed by atoms with E-state index in [4.69, 9.17) is 16.3 Å². The van der Waals surface area contributed by atoms with E-state index in [1.807, 2.05) is 0 Å². The zero-order valence-corrected chi connectivity index (χ0v) is 16.6. The van der Waals surface area contributed by atoms with Gasteiger partial charge in [-0.05, 0) is 48.3 Å². The van der Waals surface area contributed by atoms with Crippen LogP contribution in [0.4, 0.5) is 4.79 Å². The molecule has 0 aromatic heterocycles. The van der Waals surface area contributed by atoms with Crippen molar-refractivity contribution in [3.05, 3.63) is 34.9 Å². The fraction of sp³-hybridized carbons (Fsp3) is 0.550. The van der Waals surface area contributed by atoms with Crippen molar-refractivity contribution >= 4 is 29.5 Å². The molecule has 1 aliphatic carbocycles. The number of ether oxygens (including phenoxy) is 1. The first-order valence-electron chi connectivity index (χ1n) is 9.14. The maximum Gasteiger partial charge on any atom is 0.326 e. The van der Waals surface area contributed by atoms with Gasteiger partial charge in [0.25, 0.3) is 5.91 Å². The van der Waals surface area contributed by atoms with E-state index in [9.17, 15) is 14.4 Å². The minimum absolute atomic E-state index is 0.0399. The van der Waals surface area contributed by atoms with Crippen LogP contribution in [0.1, 0.15) is 45.6 Å². The van der Waals surface area contributed by atoms with Crippen LogP contribution in [-0.2, 0) is 20.9 Å². The Hall–Kier alpha value is -2.08. The van der Waals surface area contributed by atoms with E-state index in [2.05, 4.69) is 26.1 Å². The highest BCUT2D eigenvalue weighted by Gasteiger charge is 2.56. The Morgan fingerprint density at radius 2 is 2.07 bits per heavy atom. The molecule has 2 fully saturated rings. The zero-order valence-electron chi connectivity index (χ0n) is 15.9. The number of halogens is 1. The maximum absolute atomic E-state index is 13.0. The highest BCUT2D eigenvalue weighted by Crippen LogP contribution is 2.46. The molecule has 27 heavy (non-hydrogen) atoms. The number of amides is 3. The topological polar surface area (TPSA) is 75.7 Å². The van der Waals surface area contributed by atoms with Gasteiger partial charge in [0, 0.05) is 5.02 Å². The number of nitrogens with one attached hydrogen (secondary N) is 1. The van der Waals surface area contributed by atoms with Crippen molar-refractivity contribution in [3.8, 4) is 0 Å². The van der Waals surface area contributed by atoms with E-state index in [-0.39, 0.29) is 24.5 Å². The molecule has 1 spiro atoms. The molecule has 0 radical (unpaired) electrons. The second kappa shape index (κ2) is 7.15. The average Bonchev–Trinajstić information content (AvgIpc) is 2.74. The third kappa shape index (κ3) is 4.26. The molecule has 2 aliphatic rings. The largest absolute Gasteiger partial charge is 0.459 e. The molecule has 146 valence electrons. The minimum Gasteiger partial charge on any atom is -0.459 e. The lowest BCUT2D eigenvalue weighted by atomic mass is 9.64. The quantitative estimate of drug-likeness (QED) is 0.628. The first-order valence-corrected chi connectivity index (χ1v) is 9.52. The molecular formula is C20H25ClN2O4. The summed E-state index contributed by atoms with van der Waals surface area (Å²) in [7, 11) is 0. The van der Waals surface area contributed by atoms with Crippen LogP contribution in [0.15, 0.2) is 24.3 Å². The number of carbonyl (C=O) groups excluding carboxylic acids is 3. The van der Waals surface area contributed by atoms with E-state index in [0.717, 1.165) is 16.9 Å². The van der Waals surface area contributed by atoms with Crippen molar-refractivity contribution in [1.29, 1.82) is 0 Å².